The molecule has 0 unspecified atom stereocenters. The number of aliphatic hydroxyl groups is 1. The van der Waals surface area contributed by atoms with Gasteiger partial charge in [0, 0.05) is 6.54 Å². The van der Waals surface area contributed by atoms with Crippen LogP contribution in [0.4, 0.5) is 10.1 Å². The molecule has 6 heteroatoms. The molecule has 0 aliphatic rings. The van der Waals surface area contributed by atoms with Crippen molar-refractivity contribution in [3.8, 4) is 0 Å². The van der Waals surface area contributed by atoms with Crippen LogP contribution in [0.25, 0.3) is 0 Å². The molecular formula is C11H14ClFN2O2. The molecule has 4 nitrogen and oxygen atoms in total. The summed E-state index contributed by atoms with van der Waals surface area (Å²) in [5.41, 5.74) is 0.371. The van der Waals surface area contributed by atoms with Gasteiger partial charge in [0.2, 0.25) is 5.91 Å². The fourth-order valence-electron chi connectivity index (χ4n) is 1.28. The summed E-state index contributed by atoms with van der Waals surface area (Å²) >= 11 is 5.76. The van der Waals surface area contributed by atoms with Gasteiger partial charge in [0.1, 0.15) is 5.82 Å². The largest absolute Gasteiger partial charge is 0.395 e. The maximum Gasteiger partial charge on any atom is 0.238 e. The van der Waals surface area contributed by atoms with Gasteiger partial charge in [-0.25, -0.2) is 4.39 Å². The molecule has 0 saturated carbocycles. The average molecular weight is 261 g/mol. The van der Waals surface area contributed by atoms with Crippen LogP contribution < -0.4 is 5.32 Å². The minimum atomic E-state index is -0.453. The van der Waals surface area contributed by atoms with Crippen molar-refractivity contribution in [2.24, 2.45) is 0 Å². The lowest BCUT2D eigenvalue weighted by atomic mass is 10.3. The van der Waals surface area contributed by atoms with Crippen molar-refractivity contribution >= 4 is 23.2 Å². The molecule has 0 heterocycles. The highest BCUT2D eigenvalue weighted by Crippen LogP contribution is 2.22. The second-order valence-corrected chi connectivity index (χ2v) is 4.04. The Morgan fingerprint density at radius 3 is 2.88 bits per heavy atom. The molecule has 0 spiro atoms. The quantitative estimate of drug-likeness (QED) is 0.840. The Kier molecular flexibility index (Phi) is 5.34. The number of hydrogen-bond donors (Lipinski definition) is 2. The molecule has 0 atom stereocenters. The maximum atomic E-state index is 12.8. The summed E-state index contributed by atoms with van der Waals surface area (Å²) < 4.78 is 12.8. The van der Waals surface area contributed by atoms with E-state index < -0.39 is 5.82 Å². The van der Waals surface area contributed by atoms with Crippen molar-refractivity contribution in [2.45, 2.75) is 0 Å². The van der Waals surface area contributed by atoms with Crippen LogP contribution in [0.3, 0.4) is 0 Å². The number of benzene rings is 1. The first kappa shape index (κ1) is 13.9. The summed E-state index contributed by atoms with van der Waals surface area (Å²) in [6.07, 6.45) is 0. The molecule has 1 amide bonds. The summed E-state index contributed by atoms with van der Waals surface area (Å²) in [5.74, 6) is -0.722. The van der Waals surface area contributed by atoms with E-state index in [9.17, 15) is 9.18 Å². The minimum Gasteiger partial charge on any atom is -0.395 e. The molecule has 0 aliphatic heterocycles. The van der Waals surface area contributed by atoms with Crippen LogP contribution in [0.15, 0.2) is 18.2 Å². The van der Waals surface area contributed by atoms with Gasteiger partial charge in [0.05, 0.1) is 23.9 Å². The summed E-state index contributed by atoms with van der Waals surface area (Å²) in [6.45, 7) is 0.528. The first-order chi connectivity index (χ1) is 8.02. The standard InChI is InChI=1S/C11H14ClFN2O2/c1-15(4-5-16)7-11(17)14-10-3-2-8(13)6-9(10)12/h2-3,6,16H,4-5,7H2,1H3,(H,14,17). The summed E-state index contributed by atoms with van der Waals surface area (Å²) in [5, 5.41) is 11.4. The van der Waals surface area contributed by atoms with E-state index in [-0.39, 0.29) is 24.1 Å². The van der Waals surface area contributed by atoms with Gasteiger partial charge in [0.15, 0.2) is 0 Å². The second kappa shape index (κ2) is 6.54. The van der Waals surface area contributed by atoms with Crippen LogP contribution in [0.2, 0.25) is 5.02 Å². The number of halogens is 2. The summed E-state index contributed by atoms with van der Waals surface area (Å²) in [7, 11) is 1.71. The Labute approximate surface area is 104 Å². The van der Waals surface area contributed by atoms with Crippen molar-refractivity contribution in [2.75, 3.05) is 32.1 Å². The van der Waals surface area contributed by atoms with Crippen LogP contribution >= 0.6 is 11.6 Å². The molecule has 94 valence electrons. The van der Waals surface area contributed by atoms with Crippen molar-refractivity contribution in [3.63, 3.8) is 0 Å². The summed E-state index contributed by atoms with van der Waals surface area (Å²) in [6, 6.07) is 3.76. The van der Waals surface area contributed by atoms with Gasteiger partial charge in [0.25, 0.3) is 0 Å². The van der Waals surface area contributed by atoms with Crippen molar-refractivity contribution in [3.05, 3.63) is 29.0 Å². The number of carbonyl (C=O) groups is 1. The molecule has 1 aromatic rings. The van der Waals surface area contributed by atoms with E-state index >= 15 is 0 Å². The monoisotopic (exact) mass is 260 g/mol. The average Bonchev–Trinajstić information content (AvgIpc) is 2.22. The van der Waals surface area contributed by atoms with Crippen LogP contribution in [0.1, 0.15) is 0 Å². The van der Waals surface area contributed by atoms with Gasteiger partial charge in [-0.2, -0.15) is 0 Å². The van der Waals surface area contributed by atoms with E-state index in [1.807, 2.05) is 0 Å². The zero-order chi connectivity index (χ0) is 12.8. The number of anilines is 1. The second-order valence-electron chi connectivity index (χ2n) is 3.63. The zero-order valence-corrected chi connectivity index (χ0v) is 10.2. The van der Waals surface area contributed by atoms with Crippen LogP contribution in [-0.4, -0.2) is 42.7 Å². The Morgan fingerprint density at radius 1 is 1.59 bits per heavy atom. The van der Waals surface area contributed by atoms with Crippen molar-refractivity contribution < 1.29 is 14.3 Å². The molecule has 1 rings (SSSR count). The third-order valence-electron chi connectivity index (χ3n) is 2.10. The third-order valence-corrected chi connectivity index (χ3v) is 2.41. The number of nitrogens with one attached hydrogen (secondary N) is 1. The number of carbonyl (C=O) groups excluding carboxylic acids is 1. The molecule has 1 aromatic carbocycles. The van der Waals surface area contributed by atoms with Crippen LogP contribution in [-0.2, 0) is 4.79 Å². The first-order valence-corrected chi connectivity index (χ1v) is 5.45. The van der Waals surface area contributed by atoms with Gasteiger partial charge in [-0.1, -0.05) is 11.6 Å². The lowest BCUT2D eigenvalue weighted by Crippen LogP contribution is -2.32. The molecular weight excluding hydrogens is 247 g/mol. The van der Waals surface area contributed by atoms with Crippen LogP contribution in [0, 0.1) is 5.82 Å². The predicted octanol–water partition coefficient (Wildman–Crippen LogP) is 1.34. The highest BCUT2D eigenvalue weighted by Gasteiger charge is 2.09. The van der Waals surface area contributed by atoms with Gasteiger partial charge < -0.3 is 10.4 Å². The van der Waals surface area contributed by atoms with Crippen molar-refractivity contribution in [1.82, 2.24) is 4.90 Å². The van der Waals surface area contributed by atoms with E-state index in [4.69, 9.17) is 16.7 Å². The SMILES string of the molecule is CN(CCO)CC(=O)Nc1ccc(F)cc1Cl. The number of rotatable bonds is 5. The number of amides is 1. The highest BCUT2D eigenvalue weighted by atomic mass is 35.5. The third kappa shape index (κ3) is 4.68. The van der Waals surface area contributed by atoms with Gasteiger partial charge >= 0.3 is 0 Å². The topological polar surface area (TPSA) is 52.6 Å². The number of hydrogen-bond acceptors (Lipinski definition) is 3. The Balaban J connectivity index is 2.56. The van der Waals surface area contributed by atoms with Gasteiger partial charge in [-0.3, -0.25) is 9.69 Å². The van der Waals surface area contributed by atoms with Gasteiger partial charge in [-0.05, 0) is 25.2 Å². The maximum absolute atomic E-state index is 12.8. The number of likely N-dealkylation sites (N-methyl/N-ethyl adjacent to an activating group) is 1. The molecule has 2 N–H and O–H groups in total. The number of aliphatic hydroxyl groups excluding tert-OH is 1. The zero-order valence-electron chi connectivity index (χ0n) is 9.41. The van der Waals surface area contributed by atoms with E-state index in [0.717, 1.165) is 6.07 Å². The normalized spacial score (nSPS) is 10.6. The molecule has 0 aromatic heterocycles. The highest BCUT2D eigenvalue weighted by molar-refractivity contribution is 6.33. The Bertz CT molecular complexity index is 401. The number of nitrogens with zero attached hydrogens (tertiary/aromatic N) is 1. The fourth-order valence-corrected chi connectivity index (χ4v) is 1.49. The molecule has 0 aliphatic carbocycles. The van der Waals surface area contributed by atoms with E-state index in [0.29, 0.717) is 12.2 Å². The van der Waals surface area contributed by atoms with E-state index in [1.54, 1.807) is 11.9 Å². The minimum absolute atomic E-state index is 0.0128. The lowest BCUT2D eigenvalue weighted by Gasteiger charge is -2.15. The molecule has 0 bridgehead atoms. The lowest BCUT2D eigenvalue weighted by molar-refractivity contribution is -0.117. The van der Waals surface area contributed by atoms with Crippen LogP contribution in [0.5, 0.6) is 0 Å². The predicted molar refractivity (Wildman–Crippen MR) is 64.6 cm³/mol. The summed E-state index contributed by atoms with van der Waals surface area (Å²) in [4.78, 5) is 13.2. The fraction of sp³-hybridized carbons (Fsp3) is 0.364. The molecule has 0 radical (unpaired) electrons. The van der Waals surface area contributed by atoms with Crippen molar-refractivity contribution in [1.29, 1.82) is 0 Å². The smallest absolute Gasteiger partial charge is 0.238 e. The first-order valence-electron chi connectivity index (χ1n) is 5.07. The Morgan fingerprint density at radius 2 is 2.29 bits per heavy atom. The molecule has 0 saturated heterocycles. The van der Waals surface area contributed by atoms with E-state index in [2.05, 4.69) is 5.32 Å². The van der Waals surface area contributed by atoms with Gasteiger partial charge in [-0.15, -0.1) is 0 Å². The van der Waals surface area contributed by atoms with E-state index in [1.165, 1.54) is 12.1 Å². The Hall–Kier alpha value is -1.17. The molecule has 0 fully saturated rings. The molecule has 17 heavy (non-hydrogen) atoms.